The molecule has 0 aliphatic rings. The highest BCUT2D eigenvalue weighted by Gasteiger charge is 2.22. The number of methoxy groups -OCH3 is 2. The number of rotatable bonds is 9. The van der Waals surface area contributed by atoms with Crippen LogP contribution >= 0.6 is 0 Å². The molecule has 1 amide bonds. The molecule has 0 aromatic heterocycles. The number of ether oxygens (including phenoxy) is 2. The summed E-state index contributed by atoms with van der Waals surface area (Å²) >= 11 is 0. The Kier molecular flexibility index (Phi) is 7.81. The van der Waals surface area contributed by atoms with Crippen molar-refractivity contribution < 1.29 is 18.7 Å². The van der Waals surface area contributed by atoms with Crippen molar-refractivity contribution in [2.24, 2.45) is 0 Å². The number of halogens is 1. The van der Waals surface area contributed by atoms with Gasteiger partial charge in [-0.15, -0.1) is 0 Å². The lowest BCUT2D eigenvalue weighted by atomic mass is 9.95. The Balaban J connectivity index is 2.14. The van der Waals surface area contributed by atoms with Crippen molar-refractivity contribution in [1.82, 2.24) is 10.2 Å². The maximum absolute atomic E-state index is 13.2. The monoisotopic (exact) mass is 388 g/mol. The Hall–Kier alpha value is -2.60. The molecule has 0 bridgehead atoms. The first-order chi connectivity index (χ1) is 13.4. The second-order valence-electron chi connectivity index (χ2n) is 6.85. The number of carbonyl (C=O) groups is 1. The van der Waals surface area contributed by atoms with Crippen LogP contribution in [0.1, 0.15) is 36.4 Å². The summed E-state index contributed by atoms with van der Waals surface area (Å²) < 4.78 is 23.9. The van der Waals surface area contributed by atoms with Crippen LogP contribution in [0.4, 0.5) is 4.39 Å². The van der Waals surface area contributed by atoms with E-state index in [1.165, 1.54) is 12.1 Å². The minimum Gasteiger partial charge on any atom is -0.493 e. The van der Waals surface area contributed by atoms with Gasteiger partial charge in [0.15, 0.2) is 11.5 Å². The largest absolute Gasteiger partial charge is 0.493 e. The quantitative estimate of drug-likeness (QED) is 0.711. The molecule has 0 aliphatic carbocycles. The zero-order chi connectivity index (χ0) is 20.7. The van der Waals surface area contributed by atoms with Crippen molar-refractivity contribution >= 4 is 5.91 Å². The predicted octanol–water partition coefficient (Wildman–Crippen LogP) is 3.76. The molecule has 0 aliphatic heterocycles. The Morgan fingerprint density at radius 2 is 1.64 bits per heavy atom. The number of nitrogens with zero attached hydrogens (tertiary/aromatic N) is 1. The summed E-state index contributed by atoms with van der Waals surface area (Å²) in [6.07, 6.45) is 0.639. The van der Waals surface area contributed by atoms with E-state index in [9.17, 15) is 9.18 Å². The lowest BCUT2D eigenvalue weighted by Crippen LogP contribution is -2.37. The number of benzene rings is 2. The molecule has 2 aromatic rings. The number of hydrogen-bond acceptors (Lipinski definition) is 4. The summed E-state index contributed by atoms with van der Waals surface area (Å²) in [6.45, 7) is 2.39. The summed E-state index contributed by atoms with van der Waals surface area (Å²) in [5.41, 5.74) is 1.83. The molecule has 1 N–H and O–H groups in total. The average molecular weight is 388 g/mol. The maximum atomic E-state index is 13.2. The summed E-state index contributed by atoms with van der Waals surface area (Å²) in [7, 11) is 7.12. The first-order valence-corrected chi connectivity index (χ1v) is 9.32. The number of likely N-dealkylation sites (N-methyl/N-ethyl adjacent to an activating group) is 1. The summed E-state index contributed by atoms with van der Waals surface area (Å²) in [5.74, 6) is 0.626. The highest BCUT2D eigenvalue weighted by atomic mass is 19.1. The van der Waals surface area contributed by atoms with Crippen LogP contribution in [-0.2, 0) is 4.79 Å². The van der Waals surface area contributed by atoms with E-state index in [-0.39, 0.29) is 23.7 Å². The molecule has 2 rings (SSSR count). The van der Waals surface area contributed by atoms with Crippen molar-refractivity contribution in [3.05, 3.63) is 59.4 Å². The summed E-state index contributed by atoms with van der Waals surface area (Å²) in [6, 6.07) is 11.8. The van der Waals surface area contributed by atoms with Crippen molar-refractivity contribution in [1.29, 1.82) is 0 Å². The molecular weight excluding hydrogens is 359 g/mol. The molecule has 0 saturated heterocycles. The number of amides is 1. The van der Waals surface area contributed by atoms with Gasteiger partial charge in [0, 0.05) is 6.54 Å². The fourth-order valence-corrected chi connectivity index (χ4v) is 3.25. The van der Waals surface area contributed by atoms with E-state index in [1.807, 2.05) is 44.1 Å². The smallest absolute Gasteiger partial charge is 0.227 e. The van der Waals surface area contributed by atoms with Gasteiger partial charge in [-0.05, 0) is 55.9 Å². The molecule has 2 unspecified atom stereocenters. The molecule has 0 spiro atoms. The fraction of sp³-hybridized carbons (Fsp3) is 0.409. The van der Waals surface area contributed by atoms with Gasteiger partial charge in [0.25, 0.3) is 0 Å². The lowest BCUT2D eigenvalue weighted by Gasteiger charge is -2.27. The molecule has 2 aromatic carbocycles. The van der Waals surface area contributed by atoms with Gasteiger partial charge in [0.2, 0.25) is 5.91 Å². The molecular formula is C22H29FN2O3. The van der Waals surface area contributed by atoms with Gasteiger partial charge in [-0.3, -0.25) is 4.79 Å². The highest BCUT2D eigenvalue weighted by molar-refractivity contribution is 5.83. The van der Waals surface area contributed by atoms with E-state index < -0.39 is 0 Å². The third kappa shape index (κ3) is 5.23. The topological polar surface area (TPSA) is 50.8 Å². The second-order valence-corrected chi connectivity index (χ2v) is 6.85. The zero-order valence-electron chi connectivity index (χ0n) is 17.2. The third-order valence-corrected chi connectivity index (χ3v) is 4.88. The SMILES string of the molecule is CCC(C(=O)NCC(c1ccc(OC)c(OC)c1)N(C)C)c1ccc(F)cc1. The maximum Gasteiger partial charge on any atom is 0.227 e. The van der Waals surface area contributed by atoms with E-state index in [1.54, 1.807) is 26.4 Å². The fourth-order valence-electron chi connectivity index (χ4n) is 3.25. The van der Waals surface area contributed by atoms with Gasteiger partial charge >= 0.3 is 0 Å². The van der Waals surface area contributed by atoms with Crippen molar-refractivity contribution in [3.8, 4) is 11.5 Å². The van der Waals surface area contributed by atoms with E-state index in [0.29, 0.717) is 24.5 Å². The molecule has 2 atom stereocenters. The number of hydrogen-bond donors (Lipinski definition) is 1. The van der Waals surface area contributed by atoms with Crippen molar-refractivity contribution in [2.45, 2.75) is 25.3 Å². The Morgan fingerprint density at radius 3 is 2.18 bits per heavy atom. The van der Waals surface area contributed by atoms with Crippen LogP contribution in [0.2, 0.25) is 0 Å². The normalized spacial score (nSPS) is 13.1. The molecule has 0 saturated carbocycles. The summed E-state index contributed by atoms with van der Waals surface area (Å²) in [4.78, 5) is 14.8. The molecule has 28 heavy (non-hydrogen) atoms. The van der Waals surface area contributed by atoms with Crippen LogP contribution in [0.5, 0.6) is 11.5 Å². The van der Waals surface area contributed by atoms with Gasteiger partial charge in [0.1, 0.15) is 5.82 Å². The van der Waals surface area contributed by atoms with Gasteiger partial charge in [-0.1, -0.05) is 25.1 Å². The Morgan fingerprint density at radius 1 is 1.04 bits per heavy atom. The zero-order valence-corrected chi connectivity index (χ0v) is 17.2. The van der Waals surface area contributed by atoms with Crippen LogP contribution in [-0.4, -0.2) is 45.7 Å². The van der Waals surface area contributed by atoms with Crippen LogP contribution in [0, 0.1) is 5.82 Å². The molecule has 152 valence electrons. The Bertz CT molecular complexity index is 778. The van der Waals surface area contributed by atoms with E-state index in [2.05, 4.69) is 5.32 Å². The number of carbonyl (C=O) groups excluding carboxylic acids is 1. The van der Waals surface area contributed by atoms with Crippen molar-refractivity contribution in [2.75, 3.05) is 34.9 Å². The van der Waals surface area contributed by atoms with Gasteiger partial charge < -0.3 is 19.7 Å². The highest BCUT2D eigenvalue weighted by Crippen LogP contribution is 2.31. The standard InChI is InChI=1S/C22H29FN2O3/c1-6-18(15-7-10-17(23)11-8-15)22(26)24-14-19(25(2)3)16-9-12-20(27-4)21(13-16)28-5/h7-13,18-19H,6,14H2,1-5H3,(H,24,26). The lowest BCUT2D eigenvalue weighted by molar-refractivity contribution is -0.122. The molecule has 6 heteroatoms. The third-order valence-electron chi connectivity index (χ3n) is 4.88. The first kappa shape index (κ1) is 21.7. The summed E-state index contributed by atoms with van der Waals surface area (Å²) in [5, 5.41) is 3.05. The molecule has 0 heterocycles. The van der Waals surface area contributed by atoms with Crippen molar-refractivity contribution in [3.63, 3.8) is 0 Å². The second kappa shape index (κ2) is 10.1. The van der Waals surface area contributed by atoms with E-state index >= 15 is 0 Å². The molecule has 5 nitrogen and oxygen atoms in total. The molecule has 0 fully saturated rings. The van der Waals surface area contributed by atoms with Crippen LogP contribution in [0.25, 0.3) is 0 Å². The molecule has 0 radical (unpaired) electrons. The minimum absolute atomic E-state index is 0.0329. The van der Waals surface area contributed by atoms with Gasteiger partial charge in [0.05, 0.1) is 26.2 Å². The van der Waals surface area contributed by atoms with Crippen LogP contribution in [0.15, 0.2) is 42.5 Å². The Labute approximate surface area is 166 Å². The van der Waals surface area contributed by atoms with E-state index in [4.69, 9.17) is 9.47 Å². The van der Waals surface area contributed by atoms with Crippen LogP contribution in [0.3, 0.4) is 0 Å². The minimum atomic E-state index is -0.311. The average Bonchev–Trinajstić information content (AvgIpc) is 2.69. The van der Waals surface area contributed by atoms with Gasteiger partial charge in [-0.25, -0.2) is 4.39 Å². The van der Waals surface area contributed by atoms with Crippen LogP contribution < -0.4 is 14.8 Å². The predicted molar refractivity (Wildman–Crippen MR) is 108 cm³/mol. The van der Waals surface area contributed by atoms with E-state index in [0.717, 1.165) is 11.1 Å². The van der Waals surface area contributed by atoms with Gasteiger partial charge in [-0.2, -0.15) is 0 Å². The number of nitrogens with one attached hydrogen (secondary N) is 1. The first-order valence-electron chi connectivity index (χ1n) is 9.32.